The average molecular weight is 284 g/mol. The number of nitrogens with one attached hydrogen (secondary N) is 1. The van der Waals surface area contributed by atoms with Crippen LogP contribution in [-0.4, -0.2) is 9.91 Å². The highest BCUT2D eigenvalue weighted by molar-refractivity contribution is 7.09. The number of benzene rings is 1. The monoisotopic (exact) mass is 283 g/mol. The Morgan fingerprint density at radius 1 is 1.56 bits per heavy atom. The summed E-state index contributed by atoms with van der Waals surface area (Å²) in [5, 5.41) is 16.9. The first kappa shape index (κ1) is 12.8. The summed E-state index contributed by atoms with van der Waals surface area (Å²) in [7, 11) is 0. The Labute approximate surface area is 113 Å². The third-order valence-electron chi connectivity index (χ3n) is 2.35. The topological polar surface area (TPSA) is 68.1 Å². The molecule has 0 bridgehead atoms. The van der Waals surface area contributed by atoms with Crippen LogP contribution in [0.5, 0.6) is 0 Å². The predicted molar refractivity (Wildman–Crippen MR) is 72.3 cm³/mol. The van der Waals surface area contributed by atoms with Crippen LogP contribution in [0.2, 0.25) is 5.02 Å². The number of thiazole rings is 1. The molecule has 0 fully saturated rings. The summed E-state index contributed by atoms with van der Waals surface area (Å²) < 4.78 is 0. The third-order valence-corrected chi connectivity index (χ3v) is 3.63. The van der Waals surface area contributed by atoms with E-state index in [4.69, 9.17) is 11.6 Å². The highest BCUT2D eigenvalue weighted by atomic mass is 35.5. The summed E-state index contributed by atoms with van der Waals surface area (Å²) in [6, 6.07) is 4.63. The molecule has 1 heterocycles. The van der Waals surface area contributed by atoms with Gasteiger partial charge in [-0.15, -0.1) is 11.3 Å². The second kappa shape index (κ2) is 5.32. The van der Waals surface area contributed by atoms with Gasteiger partial charge in [0.15, 0.2) is 0 Å². The van der Waals surface area contributed by atoms with Gasteiger partial charge in [-0.25, -0.2) is 4.98 Å². The fraction of sp³-hybridized carbons (Fsp3) is 0.182. The maximum atomic E-state index is 10.8. The van der Waals surface area contributed by atoms with Gasteiger partial charge in [0, 0.05) is 23.3 Å². The largest absolute Gasteiger partial charge is 0.376 e. The van der Waals surface area contributed by atoms with Gasteiger partial charge in [0.25, 0.3) is 5.69 Å². The SMILES string of the molecule is CC(Nc1ccc(Cl)c([N+](=O)[O-])c1)c1nccs1. The molecule has 94 valence electrons. The first-order valence-electron chi connectivity index (χ1n) is 5.18. The Bertz CT molecular complexity index is 559. The Morgan fingerprint density at radius 3 is 2.94 bits per heavy atom. The van der Waals surface area contributed by atoms with Gasteiger partial charge in [-0.2, -0.15) is 0 Å². The molecule has 1 aromatic heterocycles. The minimum atomic E-state index is -0.498. The molecule has 0 aliphatic heterocycles. The first-order valence-corrected chi connectivity index (χ1v) is 6.43. The molecule has 0 radical (unpaired) electrons. The molecule has 1 unspecified atom stereocenters. The Hall–Kier alpha value is -1.66. The van der Waals surface area contributed by atoms with Crippen molar-refractivity contribution in [2.24, 2.45) is 0 Å². The second-order valence-electron chi connectivity index (χ2n) is 3.66. The normalized spacial score (nSPS) is 12.1. The molecule has 0 spiro atoms. The van der Waals surface area contributed by atoms with Gasteiger partial charge in [0.1, 0.15) is 10.0 Å². The van der Waals surface area contributed by atoms with Crippen molar-refractivity contribution in [3.05, 3.63) is 49.9 Å². The number of rotatable bonds is 4. The van der Waals surface area contributed by atoms with Crippen LogP contribution in [0.25, 0.3) is 0 Å². The summed E-state index contributed by atoms with van der Waals surface area (Å²) in [6.45, 7) is 1.94. The number of hydrogen-bond donors (Lipinski definition) is 1. The van der Waals surface area contributed by atoms with E-state index in [9.17, 15) is 10.1 Å². The molecule has 0 aliphatic rings. The van der Waals surface area contributed by atoms with Gasteiger partial charge in [-0.1, -0.05) is 11.6 Å². The lowest BCUT2D eigenvalue weighted by Crippen LogP contribution is -2.06. The maximum Gasteiger partial charge on any atom is 0.289 e. The molecule has 5 nitrogen and oxygen atoms in total. The van der Waals surface area contributed by atoms with Crippen LogP contribution < -0.4 is 5.32 Å². The Kier molecular flexibility index (Phi) is 3.78. The summed E-state index contributed by atoms with van der Waals surface area (Å²) in [4.78, 5) is 14.5. The van der Waals surface area contributed by atoms with E-state index in [2.05, 4.69) is 10.3 Å². The number of halogens is 1. The van der Waals surface area contributed by atoms with E-state index in [1.807, 2.05) is 12.3 Å². The van der Waals surface area contributed by atoms with Crippen molar-refractivity contribution in [2.75, 3.05) is 5.32 Å². The van der Waals surface area contributed by atoms with Crippen LogP contribution >= 0.6 is 22.9 Å². The standard InChI is InChI=1S/C11H10ClN3O2S/c1-7(11-13-4-5-18-11)14-8-2-3-9(12)10(6-8)15(16)17/h2-7,14H,1H3. The van der Waals surface area contributed by atoms with Gasteiger partial charge in [-0.3, -0.25) is 10.1 Å². The zero-order valence-corrected chi connectivity index (χ0v) is 11.0. The van der Waals surface area contributed by atoms with Gasteiger partial charge >= 0.3 is 0 Å². The van der Waals surface area contributed by atoms with E-state index in [-0.39, 0.29) is 16.8 Å². The lowest BCUT2D eigenvalue weighted by molar-refractivity contribution is -0.384. The summed E-state index contributed by atoms with van der Waals surface area (Å²) in [6.07, 6.45) is 1.72. The van der Waals surface area contributed by atoms with E-state index in [1.54, 1.807) is 12.3 Å². The molecule has 0 saturated carbocycles. The van der Waals surface area contributed by atoms with Crippen molar-refractivity contribution in [1.82, 2.24) is 4.98 Å². The number of nitrogens with zero attached hydrogens (tertiary/aromatic N) is 2. The number of nitro benzene ring substituents is 1. The number of hydrogen-bond acceptors (Lipinski definition) is 5. The third kappa shape index (κ3) is 2.77. The highest BCUT2D eigenvalue weighted by Gasteiger charge is 2.14. The van der Waals surface area contributed by atoms with E-state index < -0.39 is 4.92 Å². The highest BCUT2D eigenvalue weighted by Crippen LogP contribution is 2.29. The molecule has 0 aliphatic carbocycles. The lowest BCUT2D eigenvalue weighted by Gasteiger charge is -2.12. The zero-order valence-electron chi connectivity index (χ0n) is 9.46. The zero-order chi connectivity index (χ0) is 13.1. The quantitative estimate of drug-likeness (QED) is 0.683. The van der Waals surface area contributed by atoms with E-state index >= 15 is 0 Å². The number of anilines is 1. The van der Waals surface area contributed by atoms with Gasteiger partial charge in [0.2, 0.25) is 0 Å². The molecule has 1 N–H and O–H groups in total. The molecular formula is C11H10ClN3O2S. The summed E-state index contributed by atoms with van der Waals surface area (Å²) >= 11 is 7.28. The lowest BCUT2D eigenvalue weighted by atomic mass is 10.2. The minimum Gasteiger partial charge on any atom is -0.376 e. The van der Waals surface area contributed by atoms with Crippen LogP contribution in [0.1, 0.15) is 18.0 Å². The van der Waals surface area contributed by atoms with E-state index in [0.29, 0.717) is 5.69 Å². The molecule has 18 heavy (non-hydrogen) atoms. The molecule has 2 aromatic rings. The van der Waals surface area contributed by atoms with Crippen LogP contribution in [0.15, 0.2) is 29.8 Å². The van der Waals surface area contributed by atoms with Gasteiger partial charge in [-0.05, 0) is 19.1 Å². The maximum absolute atomic E-state index is 10.8. The average Bonchev–Trinajstić information content (AvgIpc) is 2.85. The second-order valence-corrected chi connectivity index (χ2v) is 4.99. The van der Waals surface area contributed by atoms with E-state index in [0.717, 1.165) is 5.01 Å². The Morgan fingerprint density at radius 2 is 2.33 bits per heavy atom. The molecule has 1 atom stereocenters. The van der Waals surface area contributed by atoms with Crippen molar-refractivity contribution < 1.29 is 4.92 Å². The summed E-state index contributed by atoms with van der Waals surface area (Å²) in [5.41, 5.74) is 0.543. The van der Waals surface area contributed by atoms with Crippen LogP contribution in [0.4, 0.5) is 11.4 Å². The fourth-order valence-electron chi connectivity index (χ4n) is 1.50. The van der Waals surface area contributed by atoms with Crippen LogP contribution in [-0.2, 0) is 0 Å². The molecule has 1 aromatic carbocycles. The number of aromatic nitrogens is 1. The fourth-order valence-corrected chi connectivity index (χ4v) is 2.33. The van der Waals surface area contributed by atoms with Crippen molar-refractivity contribution in [1.29, 1.82) is 0 Å². The van der Waals surface area contributed by atoms with Crippen molar-refractivity contribution >= 4 is 34.3 Å². The van der Waals surface area contributed by atoms with E-state index in [1.165, 1.54) is 23.5 Å². The van der Waals surface area contributed by atoms with Crippen LogP contribution in [0, 0.1) is 10.1 Å². The molecule has 2 rings (SSSR count). The molecule has 7 heteroatoms. The Balaban J connectivity index is 2.20. The smallest absolute Gasteiger partial charge is 0.289 e. The molecule has 0 saturated heterocycles. The van der Waals surface area contributed by atoms with Crippen LogP contribution in [0.3, 0.4) is 0 Å². The van der Waals surface area contributed by atoms with Gasteiger partial charge < -0.3 is 5.32 Å². The molecular weight excluding hydrogens is 274 g/mol. The number of nitro groups is 1. The van der Waals surface area contributed by atoms with Crippen molar-refractivity contribution in [2.45, 2.75) is 13.0 Å². The van der Waals surface area contributed by atoms with Gasteiger partial charge in [0.05, 0.1) is 11.0 Å². The van der Waals surface area contributed by atoms with Crippen molar-refractivity contribution in [3.8, 4) is 0 Å². The summed E-state index contributed by atoms with van der Waals surface area (Å²) in [5.74, 6) is 0. The first-order chi connectivity index (χ1) is 8.58. The minimum absolute atomic E-state index is 0.00854. The van der Waals surface area contributed by atoms with Crippen molar-refractivity contribution in [3.63, 3.8) is 0 Å². The predicted octanol–water partition coefficient (Wildman–Crippen LogP) is 3.88. The molecule has 0 amide bonds.